The first kappa shape index (κ1) is 12.6. The van der Waals surface area contributed by atoms with Crippen LogP contribution in [0.4, 0.5) is 0 Å². The Bertz CT molecular complexity index is 295. The van der Waals surface area contributed by atoms with Gasteiger partial charge in [0.15, 0.2) is 6.10 Å². The number of esters is 1. The minimum Gasteiger partial charge on any atom is -0.445 e. The van der Waals surface area contributed by atoms with Gasteiger partial charge in [0.2, 0.25) is 5.76 Å². The van der Waals surface area contributed by atoms with Crippen molar-refractivity contribution in [3.05, 3.63) is 11.5 Å². The Balaban J connectivity index is 2.89. The molecule has 0 aliphatic carbocycles. The number of hydrogen-bond donors (Lipinski definition) is 4. The third kappa shape index (κ3) is 2.21. The van der Waals surface area contributed by atoms with Gasteiger partial charge in [0.25, 0.3) is 5.76 Å². The van der Waals surface area contributed by atoms with Crippen LogP contribution >= 0.6 is 0 Å². The summed E-state index contributed by atoms with van der Waals surface area (Å²) < 4.78 is 4.81. The average molecular weight is 236 g/mol. The molecule has 0 fully saturated rings. The summed E-state index contributed by atoms with van der Waals surface area (Å²) in [4.78, 5) is 28.7. The fraction of sp³-hybridized carbons (Fsp3) is 0.500. The molecule has 1 heterocycles. The van der Waals surface area contributed by atoms with Crippen molar-refractivity contribution >= 4 is 5.97 Å². The van der Waals surface area contributed by atoms with Gasteiger partial charge in [-0.2, -0.15) is 11.8 Å². The molecule has 0 saturated heterocycles. The topological polar surface area (TPSA) is 167 Å². The molecule has 0 aromatic heterocycles. The molecule has 0 bridgehead atoms. The molecule has 0 aromatic carbocycles. The van der Waals surface area contributed by atoms with Crippen molar-refractivity contribution in [2.75, 3.05) is 6.61 Å². The van der Waals surface area contributed by atoms with E-state index in [2.05, 4.69) is 19.4 Å². The molecule has 16 heavy (non-hydrogen) atoms. The largest absolute Gasteiger partial charge is 0.445 e. The molecule has 0 radical (unpaired) electrons. The van der Waals surface area contributed by atoms with Gasteiger partial charge in [-0.3, -0.25) is 4.84 Å². The molecule has 0 aromatic rings. The zero-order valence-electron chi connectivity index (χ0n) is 8.12. The Morgan fingerprint density at radius 1 is 1.25 bits per heavy atom. The van der Waals surface area contributed by atoms with Crippen molar-refractivity contribution in [2.45, 2.75) is 12.2 Å². The molecule has 10 heteroatoms. The molecule has 0 amide bonds. The van der Waals surface area contributed by atoms with Crippen LogP contribution in [0.1, 0.15) is 0 Å². The number of carbonyl (C=O) groups excluding carboxylic acids is 1. The molecule has 0 saturated carbocycles. The minimum atomic E-state index is -1.04. The van der Waals surface area contributed by atoms with E-state index in [1.54, 1.807) is 0 Å². The molecular formula is C6H12N4O6. The van der Waals surface area contributed by atoms with Crippen LogP contribution in [-0.4, -0.2) is 24.8 Å². The Morgan fingerprint density at radius 2 is 1.94 bits per heavy atom. The van der Waals surface area contributed by atoms with E-state index in [0.29, 0.717) is 0 Å². The fourth-order valence-corrected chi connectivity index (χ4v) is 1.22. The van der Waals surface area contributed by atoms with Crippen LogP contribution in [0.15, 0.2) is 11.5 Å². The lowest BCUT2D eigenvalue weighted by Gasteiger charge is -2.19. The normalized spacial score (nSPS) is 22.0. The molecule has 2 unspecified atom stereocenters. The molecule has 92 valence electrons. The van der Waals surface area contributed by atoms with Crippen LogP contribution in [0.3, 0.4) is 0 Å². The van der Waals surface area contributed by atoms with Crippen LogP contribution in [0.2, 0.25) is 0 Å². The van der Waals surface area contributed by atoms with E-state index in [9.17, 15) is 4.79 Å². The smallest absolute Gasteiger partial charge is 0.380 e. The molecule has 8 N–H and O–H groups in total. The predicted octanol–water partition coefficient (Wildman–Crippen LogP) is -2.95. The summed E-state index contributed by atoms with van der Waals surface area (Å²) >= 11 is 0. The predicted molar refractivity (Wildman–Crippen MR) is 46.7 cm³/mol. The molecule has 1 rings (SSSR count). The monoisotopic (exact) mass is 236 g/mol. The number of ether oxygens (including phenoxy) is 1. The van der Waals surface area contributed by atoms with Gasteiger partial charge in [-0.15, -0.1) is 0 Å². The Morgan fingerprint density at radius 3 is 2.38 bits per heavy atom. The van der Waals surface area contributed by atoms with E-state index < -0.39 is 18.2 Å². The van der Waals surface area contributed by atoms with Gasteiger partial charge in [0.1, 0.15) is 12.7 Å². The summed E-state index contributed by atoms with van der Waals surface area (Å²) in [5.41, 5.74) is 0. The number of nitrogens with two attached hydrogens (primary N) is 4. The highest BCUT2D eigenvalue weighted by molar-refractivity contribution is 5.89. The Hall–Kier alpha value is -1.43. The van der Waals surface area contributed by atoms with E-state index in [1.165, 1.54) is 0 Å². The van der Waals surface area contributed by atoms with E-state index in [-0.39, 0.29) is 18.1 Å². The number of rotatable bonds is 6. The van der Waals surface area contributed by atoms with E-state index in [0.717, 1.165) is 0 Å². The van der Waals surface area contributed by atoms with E-state index in [4.69, 9.17) is 28.3 Å². The maximum Gasteiger partial charge on any atom is 0.380 e. The molecule has 10 nitrogen and oxygen atoms in total. The standard InChI is InChI=1S/C6H12N4O6/c7-12-1-2(14-8)3-4(15-9)5(16-10)6(11)13-3/h2-3H,1,7-10H2. The van der Waals surface area contributed by atoms with Crippen LogP contribution in [0, 0.1) is 0 Å². The first-order valence-electron chi connectivity index (χ1n) is 4.05. The highest BCUT2D eigenvalue weighted by Crippen LogP contribution is 2.26. The molecule has 1 aliphatic heterocycles. The number of hydrogen-bond acceptors (Lipinski definition) is 10. The lowest BCUT2D eigenvalue weighted by atomic mass is 10.2. The van der Waals surface area contributed by atoms with Crippen LogP contribution in [0.25, 0.3) is 0 Å². The summed E-state index contributed by atoms with van der Waals surface area (Å²) in [6, 6.07) is 0. The molecule has 1 aliphatic rings. The van der Waals surface area contributed by atoms with Gasteiger partial charge in [-0.1, -0.05) is 0 Å². The van der Waals surface area contributed by atoms with Gasteiger partial charge in [-0.25, -0.2) is 16.6 Å². The highest BCUT2D eigenvalue weighted by Gasteiger charge is 2.43. The molecule has 0 spiro atoms. The number of cyclic esters (lactones) is 1. The summed E-state index contributed by atoms with van der Waals surface area (Å²) in [5.74, 6) is 18.2. The lowest BCUT2D eigenvalue weighted by molar-refractivity contribution is -0.153. The lowest BCUT2D eigenvalue weighted by Crippen LogP contribution is -2.39. The van der Waals surface area contributed by atoms with E-state index >= 15 is 0 Å². The Labute approximate surface area is 89.8 Å². The second-order valence-corrected chi connectivity index (χ2v) is 2.76. The van der Waals surface area contributed by atoms with Crippen molar-refractivity contribution in [2.24, 2.45) is 23.6 Å². The van der Waals surface area contributed by atoms with Crippen LogP contribution in [0.5, 0.6) is 0 Å². The van der Waals surface area contributed by atoms with Crippen molar-refractivity contribution in [3.8, 4) is 0 Å². The summed E-state index contributed by atoms with van der Waals surface area (Å²) in [5, 5.41) is 0. The van der Waals surface area contributed by atoms with Crippen molar-refractivity contribution in [1.29, 1.82) is 0 Å². The van der Waals surface area contributed by atoms with E-state index in [1.807, 2.05) is 0 Å². The second kappa shape index (κ2) is 5.60. The quantitative estimate of drug-likeness (QED) is 0.276. The van der Waals surface area contributed by atoms with Gasteiger partial charge >= 0.3 is 5.97 Å². The van der Waals surface area contributed by atoms with Gasteiger partial charge in [0.05, 0.1) is 0 Å². The zero-order chi connectivity index (χ0) is 12.1. The van der Waals surface area contributed by atoms with Gasteiger partial charge in [0, 0.05) is 0 Å². The summed E-state index contributed by atoms with van der Waals surface area (Å²) in [6.07, 6.45) is -1.94. The fourth-order valence-electron chi connectivity index (χ4n) is 1.22. The number of carbonyl (C=O) groups is 1. The SMILES string of the molecule is NOCC(ON)C1OC(=O)C(ON)=C1ON. The van der Waals surface area contributed by atoms with Gasteiger partial charge in [-0.05, 0) is 0 Å². The summed E-state index contributed by atoms with van der Waals surface area (Å²) in [7, 11) is 0. The third-order valence-electron chi connectivity index (χ3n) is 1.92. The first-order chi connectivity index (χ1) is 7.69. The van der Waals surface area contributed by atoms with Crippen LogP contribution in [-0.2, 0) is 28.9 Å². The van der Waals surface area contributed by atoms with Crippen molar-refractivity contribution < 1.29 is 28.9 Å². The van der Waals surface area contributed by atoms with Crippen LogP contribution < -0.4 is 23.6 Å². The average Bonchev–Trinajstić information content (AvgIpc) is 2.61. The maximum atomic E-state index is 11.2. The summed E-state index contributed by atoms with van der Waals surface area (Å²) in [6.45, 7) is -0.154. The molecule has 2 atom stereocenters. The van der Waals surface area contributed by atoms with Crippen molar-refractivity contribution in [3.63, 3.8) is 0 Å². The minimum absolute atomic E-state index is 0.153. The van der Waals surface area contributed by atoms with Gasteiger partial charge < -0.3 is 19.2 Å². The Kier molecular flexibility index (Phi) is 4.42. The highest BCUT2D eigenvalue weighted by atomic mass is 16.7. The maximum absolute atomic E-state index is 11.2. The zero-order valence-corrected chi connectivity index (χ0v) is 8.12. The second-order valence-electron chi connectivity index (χ2n) is 2.76. The third-order valence-corrected chi connectivity index (χ3v) is 1.92. The van der Waals surface area contributed by atoms with Crippen molar-refractivity contribution in [1.82, 2.24) is 0 Å². The molecular weight excluding hydrogens is 224 g/mol. The first-order valence-corrected chi connectivity index (χ1v) is 4.05.